The molecule has 0 spiro atoms. The Hall–Kier alpha value is -1.32. The van der Waals surface area contributed by atoms with Crippen LogP contribution in [0.5, 0.6) is 0 Å². The van der Waals surface area contributed by atoms with Gasteiger partial charge < -0.3 is 10.2 Å². The van der Waals surface area contributed by atoms with Gasteiger partial charge in [-0.3, -0.25) is 0 Å². The summed E-state index contributed by atoms with van der Waals surface area (Å²) in [5.41, 5.74) is 1.40. The van der Waals surface area contributed by atoms with E-state index in [-0.39, 0.29) is 5.54 Å². The summed E-state index contributed by atoms with van der Waals surface area (Å²) >= 11 is 0. The molecule has 4 heteroatoms. The lowest BCUT2D eigenvalue weighted by Gasteiger charge is -2.34. The summed E-state index contributed by atoms with van der Waals surface area (Å²) in [6.07, 6.45) is 4.98. The fourth-order valence-electron chi connectivity index (χ4n) is 3.05. The molecular formula is C15H24N4. The molecule has 2 aliphatic rings. The molecular weight excluding hydrogens is 236 g/mol. The van der Waals surface area contributed by atoms with Gasteiger partial charge in [0, 0.05) is 30.6 Å². The second-order valence-electron chi connectivity index (χ2n) is 6.47. The molecule has 2 heterocycles. The average Bonchev–Trinajstić information content (AvgIpc) is 3.15. The maximum Gasteiger partial charge on any atom is 0.137 e. The molecule has 1 saturated carbocycles. The summed E-state index contributed by atoms with van der Waals surface area (Å²) in [4.78, 5) is 12.0. The van der Waals surface area contributed by atoms with Gasteiger partial charge >= 0.3 is 0 Å². The topological polar surface area (TPSA) is 41.1 Å². The van der Waals surface area contributed by atoms with Crippen molar-refractivity contribution in [2.45, 2.75) is 57.9 Å². The van der Waals surface area contributed by atoms with Gasteiger partial charge in [-0.1, -0.05) is 0 Å². The van der Waals surface area contributed by atoms with Gasteiger partial charge in [0.25, 0.3) is 0 Å². The van der Waals surface area contributed by atoms with Crippen molar-refractivity contribution in [3.63, 3.8) is 0 Å². The Kier molecular flexibility index (Phi) is 2.91. The Morgan fingerprint density at radius 1 is 1.26 bits per heavy atom. The first-order valence-corrected chi connectivity index (χ1v) is 7.37. The largest absolute Gasteiger partial charge is 0.373 e. The predicted molar refractivity (Wildman–Crippen MR) is 78.9 cm³/mol. The summed E-state index contributed by atoms with van der Waals surface area (Å²) in [6, 6.07) is 0. The van der Waals surface area contributed by atoms with E-state index in [2.05, 4.69) is 36.0 Å². The Labute approximate surface area is 115 Å². The van der Waals surface area contributed by atoms with Gasteiger partial charge in [0.2, 0.25) is 0 Å². The highest BCUT2D eigenvalue weighted by Gasteiger charge is 2.36. The van der Waals surface area contributed by atoms with Gasteiger partial charge in [0.1, 0.15) is 17.5 Å². The third-order valence-electron chi connectivity index (χ3n) is 4.47. The van der Waals surface area contributed by atoms with Crippen LogP contribution in [0.3, 0.4) is 0 Å². The molecule has 3 rings (SSSR count). The standard InChI is InChI=1S/C15H24N4/c1-10-12(16-4)17-13(11-6-7-11)18-14(10)19-9-5-8-15(19,2)3/h11H,5-9H2,1-4H3,(H,16,17,18). The van der Waals surface area contributed by atoms with Crippen LogP contribution in [0.4, 0.5) is 11.6 Å². The van der Waals surface area contributed by atoms with Crippen LogP contribution in [-0.4, -0.2) is 29.1 Å². The SMILES string of the molecule is CNc1nc(C2CC2)nc(N2CCCC2(C)C)c1C. The van der Waals surface area contributed by atoms with Crippen LogP contribution in [-0.2, 0) is 0 Å². The van der Waals surface area contributed by atoms with Crippen molar-refractivity contribution in [1.82, 2.24) is 9.97 Å². The quantitative estimate of drug-likeness (QED) is 0.906. The van der Waals surface area contributed by atoms with Gasteiger partial charge in [-0.05, 0) is 46.5 Å². The van der Waals surface area contributed by atoms with E-state index < -0.39 is 0 Å². The number of hydrogen-bond acceptors (Lipinski definition) is 4. The second-order valence-corrected chi connectivity index (χ2v) is 6.47. The van der Waals surface area contributed by atoms with Crippen molar-refractivity contribution >= 4 is 11.6 Å². The van der Waals surface area contributed by atoms with E-state index in [9.17, 15) is 0 Å². The molecule has 1 aliphatic heterocycles. The van der Waals surface area contributed by atoms with Crippen molar-refractivity contribution in [2.75, 3.05) is 23.8 Å². The third-order valence-corrected chi connectivity index (χ3v) is 4.47. The molecule has 1 saturated heterocycles. The summed E-state index contributed by atoms with van der Waals surface area (Å²) < 4.78 is 0. The molecule has 0 aromatic carbocycles. The molecule has 0 unspecified atom stereocenters. The van der Waals surface area contributed by atoms with Gasteiger partial charge in [-0.15, -0.1) is 0 Å². The molecule has 2 fully saturated rings. The highest BCUT2D eigenvalue weighted by molar-refractivity contribution is 5.60. The molecule has 4 nitrogen and oxygen atoms in total. The summed E-state index contributed by atoms with van der Waals surface area (Å²) in [5.74, 6) is 3.77. The van der Waals surface area contributed by atoms with Crippen LogP contribution in [0.25, 0.3) is 0 Å². The first-order chi connectivity index (χ1) is 9.03. The average molecular weight is 260 g/mol. The minimum Gasteiger partial charge on any atom is -0.373 e. The van der Waals surface area contributed by atoms with Crippen molar-refractivity contribution in [3.05, 3.63) is 11.4 Å². The number of nitrogens with zero attached hydrogens (tertiary/aromatic N) is 3. The van der Waals surface area contributed by atoms with Crippen LogP contribution in [0.2, 0.25) is 0 Å². The first-order valence-electron chi connectivity index (χ1n) is 7.37. The number of hydrogen-bond donors (Lipinski definition) is 1. The summed E-state index contributed by atoms with van der Waals surface area (Å²) in [6.45, 7) is 7.87. The van der Waals surface area contributed by atoms with E-state index in [0.717, 1.165) is 24.0 Å². The fourth-order valence-corrected chi connectivity index (χ4v) is 3.05. The maximum atomic E-state index is 4.90. The normalized spacial score (nSPS) is 21.8. The molecule has 104 valence electrons. The lowest BCUT2D eigenvalue weighted by Crippen LogP contribution is -2.39. The van der Waals surface area contributed by atoms with Crippen molar-refractivity contribution < 1.29 is 0 Å². The zero-order valence-electron chi connectivity index (χ0n) is 12.5. The second kappa shape index (κ2) is 4.36. The first kappa shape index (κ1) is 12.7. The molecule has 1 aliphatic carbocycles. The van der Waals surface area contributed by atoms with Crippen LogP contribution in [0.1, 0.15) is 56.8 Å². The smallest absolute Gasteiger partial charge is 0.137 e. The number of rotatable bonds is 3. The molecule has 0 radical (unpaired) electrons. The Balaban J connectivity index is 2.06. The van der Waals surface area contributed by atoms with Gasteiger partial charge in [-0.2, -0.15) is 0 Å². The van der Waals surface area contributed by atoms with Crippen molar-refractivity contribution in [3.8, 4) is 0 Å². The molecule has 19 heavy (non-hydrogen) atoms. The molecule has 1 aromatic heterocycles. The minimum absolute atomic E-state index is 0.213. The van der Waals surface area contributed by atoms with Gasteiger partial charge in [0.15, 0.2) is 0 Å². The lowest BCUT2D eigenvalue weighted by molar-refractivity contribution is 0.512. The molecule has 0 atom stereocenters. The maximum absolute atomic E-state index is 4.90. The van der Waals surface area contributed by atoms with E-state index in [1.54, 1.807) is 0 Å². The third kappa shape index (κ3) is 2.17. The molecule has 0 bridgehead atoms. The minimum atomic E-state index is 0.213. The van der Waals surface area contributed by atoms with E-state index in [4.69, 9.17) is 4.98 Å². The van der Waals surface area contributed by atoms with E-state index in [1.165, 1.54) is 31.2 Å². The number of anilines is 2. The zero-order chi connectivity index (χ0) is 13.6. The van der Waals surface area contributed by atoms with Crippen molar-refractivity contribution in [2.24, 2.45) is 0 Å². The summed E-state index contributed by atoms with van der Waals surface area (Å²) in [5, 5.41) is 3.23. The van der Waals surface area contributed by atoms with Crippen LogP contribution >= 0.6 is 0 Å². The summed E-state index contributed by atoms with van der Waals surface area (Å²) in [7, 11) is 1.95. The molecule has 0 amide bonds. The zero-order valence-corrected chi connectivity index (χ0v) is 12.5. The molecule has 1 aromatic rings. The Morgan fingerprint density at radius 2 is 2.00 bits per heavy atom. The van der Waals surface area contributed by atoms with Crippen LogP contribution in [0, 0.1) is 6.92 Å². The Bertz CT molecular complexity index is 491. The highest BCUT2D eigenvalue weighted by Crippen LogP contribution is 2.41. The van der Waals surface area contributed by atoms with Gasteiger partial charge in [0.05, 0.1) is 0 Å². The van der Waals surface area contributed by atoms with Crippen LogP contribution in [0.15, 0.2) is 0 Å². The van der Waals surface area contributed by atoms with E-state index >= 15 is 0 Å². The lowest BCUT2D eigenvalue weighted by atomic mass is 10.0. The van der Waals surface area contributed by atoms with Crippen molar-refractivity contribution in [1.29, 1.82) is 0 Å². The molecule has 1 N–H and O–H groups in total. The Morgan fingerprint density at radius 3 is 2.53 bits per heavy atom. The highest BCUT2D eigenvalue weighted by atomic mass is 15.3. The van der Waals surface area contributed by atoms with E-state index in [1.807, 2.05) is 7.05 Å². The van der Waals surface area contributed by atoms with Crippen LogP contribution < -0.4 is 10.2 Å². The number of nitrogens with one attached hydrogen (secondary N) is 1. The van der Waals surface area contributed by atoms with E-state index in [0.29, 0.717) is 5.92 Å². The van der Waals surface area contributed by atoms with Gasteiger partial charge in [-0.25, -0.2) is 9.97 Å². The monoisotopic (exact) mass is 260 g/mol. The fraction of sp³-hybridized carbons (Fsp3) is 0.733. The predicted octanol–water partition coefficient (Wildman–Crippen LogP) is 3.08. The number of aromatic nitrogens is 2.